The van der Waals surface area contributed by atoms with Gasteiger partial charge in [-0.3, -0.25) is 19.2 Å². The zero-order chi connectivity index (χ0) is 28.8. The Bertz CT molecular complexity index is 1280. The smallest absolute Gasteiger partial charge is 0.332 e. The fourth-order valence-electron chi connectivity index (χ4n) is 4.33. The molecular formula is C28H29FN2O9. The van der Waals surface area contributed by atoms with Gasteiger partial charge in [-0.2, -0.15) is 0 Å². The number of carbonyl (C=O) groups is 5. The van der Waals surface area contributed by atoms with Gasteiger partial charge in [0.1, 0.15) is 30.5 Å². The van der Waals surface area contributed by atoms with Crippen molar-refractivity contribution in [1.82, 2.24) is 5.32 Å². The van der Waals surface area contributed by atoms with Crippen molar-refractivity contribution in [3.05, 3.63) is 59.4 Å². The van der Waals surface area contributed by atoms with Crippen molar-refractivity contribution >= 4 is 35.9 Å². The monoisotopic (exact) mass is 556 g/mol. The summed E-state index contributed by atoms with van der Waals surface area (Å²) in [6, 6.07) is 8.50. The Morgan fingerprint density at radius 3 is 2.48 bits per heavy atom. The van der Waals surface area contributed by atoms with Crippen LogP contribution in [0, 0.1) is 17.7 Å². The van der Waals surface area contributed by atoms with Crippen LogP contribution in [0.15, 0.2) is 42.5 Å². The number of esters is 3. The van der Waals surface area contributed by atoms with Crippen molar-refractivity contribution in [1.29, 1.82) is 0 Å². The van der Waals surface area contributed by atoms with Crippen molar-refractivity contribution < 1.29 is 47.3 Å². The number of para-hydroxylation sites is 1. The highest BCUT2D eigenvalue weighted by atomic mass is 19.1. The molecule has 11 nitrogen and oxygen atoms in total. The summed E-state index contributed by atoms with van der Waals surface area (Å²) in [6.07, 6.45) is -0.572. The Hall–Kier alpha value is -4.48. The van der Waals surface area contributed by atoms with Gasteiger partial charge >= 0.3 is 17.9 Å². The highest BCUT2D eigenvalue weighted by Crippen LogP contribution is 2.32. The molecule has 4 atom stereocenters. The van der Waals surface area contributed by atoms with E-state index in [4.69, 9.17) is 18.9 Å². The van der Waals surface area contributed by atoms with E-state index in [-0.39, 0.29) is 29.3 Å². The summed E-state index contributed by atoms with van der Waals surface area (Å²) in [5.74, 6) is -4.70. The summed E-state index contributed by atoms with van der Waals surface area (Å²) in [5.41, 5.74) is 0.811. The Labute approximate surface area is 229 Å². The van der Waals surface area contributed by atoms with Crippen LogP contribution in [0.25, 0.3) is 0 Å². The van der Waals surface area contributed by atoms with Crippen molar-refractivity contribution in [2.75, 3.05) is 19.0 Å². The third-order valence-electron chi connectivity index (χ3n) is 6.68. The van der Waals surface area contributed by atoms with Gasteiger partial charge in [0, 0.05) is 0 Å². The predicted octanol–water partition coefficient (Wildman–Crippen LogP) is 2.17. The summed E-state index contributed by atoms with van der Waals surface area (Å²) >= 11 is 0. The zero-order valence-electron chi connectivity index (χ0n) is 21.9. The molecule has 2 N–H and O–H groups in total. The zero-order valence-corrected chi connectivity index (χ0v) is 21.9. The quantitative estimate of drug-likeness (QED) is 0.270. The molecule has 1 heterocycles. The maximum absolute atomic E-state index is 13.5. The number of rotatable bonds is 9. The summed E-state index contributed by atoms with van der Waals surface area (Å²) < 4.78 is 35.3. The van der Waals surface area contributed by atoms with Crippen molar-refractivity contribution in [2.24, 2.45) is 11.8 Å². The number of hydrogen-bond acceptors (Lipinski definition) is 9. The SMILES string of the molecule is COc1c(NC=O)cccc1C(=O)NC1C(=O)OCC(OC(=O)C2CC2)C(Cc2ccc(F)cc2)C(=O)OC1C. The largest absolute Gasteiger partial charge is 0.494 e. The number of methoxy groups -OCH3 is 1. The molecule has 2 aliphatic rings. The van der Waals surface area contributed by atoms with Crippen LogP contribution in [0.3, 0.4) is 0 Å². The number of carbonyl (C=O) groups excluding carboxylic acids is 5. The van der Waals surface area contributed by atoms with Crippen LogP contribution in [0.4, 0.5) is 10.1 Å². The van der Waals surface area contributed by atoms with Crippen LogP contribution >= 0.6 is 0 Å². The van der Waals surface area contributed by atoms with E-state index in [1.807, 2.05) is 0 Å². The molecule has 4 unspecified atom stereocenters. The molecule has 2 aromatic carbocycles. The number of ether oxygens (including phenoxy) is 4. The number of amides is 2. The van der Waals surface area contributed by atoms with E-state index in [1.54, 1.807) is 0 Å². The fraction of sp³-hybridized carbons (Fsp3) is 0.393. The van der Waals surface area contributed by atoms with E-state index in [1.165, 1.54) is 56.5 Å². The van der Waals surface area contributed by atoms with Gasteiger partial charge in [-0.25, -0.2) is 9.18 Å². The first-order valence-corrected chi connectivity index (χ1v) is 12.7. The summed E-state index contributed by atoms with van der Waals surface area (Å²) in [4.78, 5) is 63.1. The van der Waals surface area contributed by atoms with Crippen LogP contribution < -0.4 is 15.4 Å². The van der Waals surface area contributed by atoms with Gasteiger partial charge in [-0.1, -0.05) is 18.2 Å². The normalized spacial score (nSPS) is 22.9. The summed E-state index contributed by atoms with van der Waals surface area (Å²) in [5, 5.41) is 4.94. The molecule has 2 amide bonds. The van der Waals surface area contributed by atoms with Gasteiger partial charge in [0.25, 0.3) is 5.91 Å². The Morgan fingerprint density at radius 2 is 1.82 bits per heavy atom. The number of cyclic esters (lactones) is 2. The second-order valence-corrected chi connectivity index (χ2v) is 9.56. The number of hydrogen-bond donors (Lipinski definition) is 2. The first-order valence-electron chi connectivity index (χ1n) is 12.7. The molecule has 4 rings (SSSR count). The molecule has 0 aromatic heterocycles. The predicted molar refractivity (Wildman–Crippen MR) is 137 cm³/mol. The maximum Gasteiger partial charge on any atom is 0.332 e. The molecule has 0 radical (unpaired) electrons. The van der Waals surface area contributed by atoms with Crippen LogP contribution in [0.5, 0.6) is 5.75 Å². The molecule has 1 saturated heterocycles. The second-order valence-electron chi connectivity index (χ2n) is 9.56. The lowest BCUT2D eigenvalue weighted by Crippen LogP contribution is -2.49. The Balaban J connectivity index is 1.58. The Kier molecular flexibility index (Phi) is 8.97. The molecule has 1 aliphatic carbocycles. The van der Waals surface area contributed by atoms with Crippen LogP contribution in [-0.4, -0.2) is 62.2 Å². The molecule has 0 spiro atoms. The van der Waals surface area contributed by atoms with E-state index in [9.17, 15) is 28.4 Å². The lowest BCUT2D eigenvalue weighted by molar-refractivity contribution is -0.168. The van der Waals surface area contributed by atoms with Crippen molar-refractivity contribution in [3.63, 3.8) is 0 Å². The number of nitrogens with one attached hydrogen (secondary N) is 2. The number of benzene rings is 2. The molecule has 1 saturated carbocycles. The van der Waals surface area contributed by atoms with Gasteiger partial charge in [0.05, 0.1) is 24.3 Å². The molecule has 12 heteroatoms. The average molecular weight is 557 g/mol. The minimum absolute atomic E-state index is 0.00553. The van der Waals surface area contributed by atoms with E-state index >= 15 is 0 Å². The van der Waals surface area contributed by atoms with Gasteiger partial charge in [0.2, 0.25) is 6.41 Å². The van der Waals surface area contributed by atoms with Gasteiger partial charge < -0.3 is 29.6 Å². The van der Waals surface area contributed by atoms with Gasteiger partial charge in [-0.15, -0.1) is 0 Å². The van der Waals surface area contributed by atoms with Crippen molar-refractivity contribution in [3.8, 4) is 5.75 Å². The first kappa shape index (κ1) is 28.5. The van der Waals surface area contributed by atoms with Crippen molar-refractivity contribution in [2.45, 2.75) is 44.4 Å². The average Bonchev–Trinajstić information content (AvgIpc) is 3.78. The highest BCUT2D eigenvalue weighted by molar-refractivity contribution is 6.01. The van der Waals surface area contributed by atoms with Crippen LogP contribution in [0.2, 0.25) is 0 Å². The molecule has 40 heavy (non-hydrogen) atoms. The summed E-state index contributed by atoms with van der Waals surface area (Å²) in [6.45, 7) is 0.955. The van der Waals surface area contributed by atoms with E-state index in [0.29, 0.717) is 24.8 Å². The third-order valence-corrected chi connectivity index (χ3v) is 6.68. The highest BCUT2D eigenvalue weighted by Gasteiger charge is 2.42. The van der Waals surface area contributed by atoms with E-state index in [2.05, 4.69) is 10.6 Å². The third kappa shape index (κ3) is 6.74. The second kappa shape index (κ2) is 12.6. The van der Waals surface area contributed by atoms with Crippen LogP contribution in [0.1, 0.15) is 35.7 Å². The summed E-state index contributed by atoms with van der Waals surface area (Å²) in [7, 11) is 1.31. The molecule has 0 bridgehead atoms. The number of halogens is 1. The molecule has 2 fully saturated rings. The maximum atomic E-state index is 13.5. The minimum atomic E-state index is -1.42. The number of anilines is 1. The fourth-order valence-corrected chi connectivity index (χ4v) is 4.33. The first-order chi connectivity index (χ1) is 19.2. The molecule has 212 valence electrons. The Morgan fingerprint density at radius 1 is 1.10 bits per heavy atom. The van der Waals surface area contributed by atoms with E-state index < -0.39 is 60.4 Å². The lowest BCUT2D eigenvalue weighted by atomic mass is 9.94. The van der Waals surface area contributed by atoms with E-state index in [0.717, 1.165) is 0 Å². The lowest BCUT2D eigenvalue weighted by Gasteiger charge is -2.25. The topological polar surface area (TPSA) is 146 Å². The van der Waals surface area contributed by atoms with Gasteiger partial charge in [0.15, 0.2) is 11.8 Å². The molecule has 2 aromatic rings. The molecule has 1 aliphatic heterocycles. The molecular weight excluding hydrogens is 527 g/mol. The minimum Gasteiger partial charge on any atom is -0.494 e. The van der Waals surface area contributed by atoms with Crippen LogP contribution in [-0.2, 0) is 39.8 Å². The standard InChI is InChI=1S/C28H29FN2O9/c1-15-23(31-25(33)19-4-3-5-21(30-14-32)24(19)37-2)28(36)38-13-22(40-26(34)17-8-9-17)20(27(35)39-15)12-16-6-10-18(29)11-7-16/h3-7,10-11,14-15,17,20,22-23H,8-9,12-13H2,1-2H3,(H,30,32)(H,31,33). The van der Waals surface area contributed by atoms with Gasteiger partial charge in [-0.05, 0) is 56.0 Å².